The summed E-state index contributed by atoms with van der Waals surface area (Å²) >= 11 is 11.8. The first kappa shape index (κ1) is 19.3. The van der Waals surface area contributed by atoms with Crippen molar-refractivity contribution in [1.82, 2.24) is 9.88 Å². The van der Waals surface area contributed by atoms with Gasteiger partial charge >= 0.3 is 5.97 Å². The average Bonchev–Trinajstić information content (AvgIpc) is 2.85. The van der Waals surface area contributed by atoms with Crippen LogP contribution in [0.25, 0.3) is 0 Å². The first-order chi connectivity index (χ1) is 11.9. The number of aryl methyl sites for hydroxylation is 2. The quantitative estimate of drug-likeness (QED) is 0.588. The summed E-state index contributed by atoms with van der Waals surface area (Å²) in [6.45, 7) is 2.36. The van der Waals surface area contributed by atoms with E-state index in [1.807, 2.05) is 31.2 Å². The summed E-state index contributed by atoms with van der Waals surface area (Å²) in [5.74, 6) is -0.619. The number of hydrogen-bond donors (Lipinski definition) is 1. The Bertz CT molecular complexity index is 754. The van der Waals surface area contributed by atoms with E-state index in [-0.39, 0.29) is 29.9 Å². The summed E-state index contributed by atoms with van der Waals surface area (Å²) in [7, 11) is 1.62. The lowest BCUT2D eigenvalue weighted by molar-refractivity contribution is -0.121. The highest BCUT2D eigenvalue weighted by atomic mass is 35.5. The number of amides is 1. The van der Waals surface area contributed by atoms with Crippen LogP contribution in [0.3, 0.4) is 0 Å². The second-order valence-electron chi connectivity index (χ2n) is 5.70. The molecule has 5 nitrogen and oxygen atoms in total. The van der Waals surface area contributed by atoms with E-state index in [9.17, 15) is 9.59 Å². The second-order valence-corrected chi connectivity index (χ2v) is 6.46. The van der Waals surface area contributed by atoms with Gasteiger partial charge in [-0.2, -0.15) is 0 Å². The van der Waals surface area contributed by atoms with Gasteiger partial charge in [0.15, 0.2) is 0 Å². The van der Waals surface area contributed by atoms with E-state index in [0.29, 0.717) is 17.9 Å². The minimum Gasteiger partial charge on any atom is -0.459 e. The minimum absolute atomic E-state index is 0.0789. The average molecular weight is 383 g/mol. The van der Waals surface area contributed by atoms with E-state index in [1.54, 1.807) is 7.05 Å². The van der Waals surface area contributed by atoms with Gasteiger partial charge in [0.1, 0.15) is 17.5 Å². The number of ether oxygens (including phenoxy) is 1. The maximum Gasteiger partial charge on any atom is 0.355 e. The fourth-order valence-electron chi connectivity index (χ4n) is 2.25. The van der Waals surface area contributed by atoms with Crippen molar-refractivity contribution in [2.24, 2.45) is 7.05 Å². The van der Waals surface area contributed by atoms with Crippen LogP contribution in [0, 0.1) is 6.92 Å². The summed E-state index contributed by atoms with van der Waals surface area (Å²) in [4.78, 5) is 23.8. The van der Waals surface area contributed by atoms with Crippen LogP contribution >= 0.6 is 23.2 Å². The van der Waals surface area contributed by atoms with Crippen molar-refractivity contribution < 1.29 is 14.3 Å². The molecule has 0 aliphatic heterocycles. The molecule has 0 atom stereocenters. The van der Waals surface area contributed by atoms with Crippen LogP contribution < -0.4 is 5.32 Å². The molecule has 0 fully saturated rings. The standard InChI is InChI=1S/C18H20Cl2N2O3/c1-12-3-5-13(6-4-12)7-8-16(23)21-9-10-25-18(24)15-11-14(19)17(20)22(15)2/h3-6,11H,7-10H2,1-2H3,(H,21,23). The van der Waals surface area contributed by atoms with E-state index < -0.39 is 5.97 Å². The number of nitrogens with zero attached hydrogens (tertiary/aromatic N) is 1. The van der Waals surface area contributed by atoms with Gasteiger partial charge in [0, 0.05) is 13.5 Å². The molecule has 1 aromatic heterocycles. The molecule has 0 saturated heterocycles. The molecular formula is C18H20Cl2N2O3. The minimum atomic E-state index is -0.537. The lowest BCUT2D eigenvalue weighted by Gasteiger charge is -2.08. The zero-order valence-corrected chi connectivity index (χ0v) is 15.7. The van der Waals surface area contributed by atoms with Gasteiger partial charge in [-0.05, 0) is 25.0 Å². The molecule has 1 heterocycles. The Hall–Kier alpha value is -1.98. The van der Waals surface area contributed by atoms with Gasteiger partial charge < -0.3 is 14.6 Å². The number of esters is 1. The Morgan fingerprint density at radius 1 is 1.20 bits per heavy atom. The fraction of sp³-hybridized carbons (Fsp3) is 0.333. The van der Waals surface area contributed by atoms with Crippen molar-refractivity contribution in [3.8, 4) is 0 Å². The van der Waals surface area contributed by atoms with Crippen molar-refractivity contribution in [1.29, 1.82) is 0 Å². The normalized spacial score (nSPS) is 10.6. The topological polar surface area (TPSA) is 60.3 Å². The van der Waals surface area contributed by atoms with Gasteiger partial charge in [0.2, 0.25) is 5.91 Å². The molecule has 7 heteroatoms. The number of aromatic nitrogens is 1. The van der Waals surface area contributed by atoms with E-state index in [2.05, 4.69) is 5.32 Å². The maximum atomic E-state index is 11.9. The van der Waals surface area contributed by atoms with Gasteiger partial charge in [-0.3, -0.25) is 4.79 Å². The molecular weight excluding hydrogens is 363 g/mol. The molecule has 2 rings (SSSR count). The Kier molecular flexibility index (Phi) is 6.91. The highest BCUT2D eigenvalue weighted by Gasteiger charge is 2.16. The second kappa shape index (κ2) is 8.92. The zero-order valence-electron chi connectivity index (χ0n) is 14.1. The van der Waals surface area contributed by atoms with Gasteiger partial charge in [0.05, 0.1) is 11.6 Å². The van der Waals surface area contributed by atoms with E-state index in [1.165, 1.54) is 16.2 Å². The molecule has 0 unspecified atom stereocenters. The number of nitrogens with one attached hydrogen (secondary N) is 1. The first-order valence-corrected chi connectivity index (χ1v) is 8.64. The van der Waals surface area contributed by atoms with Crippen LogP contribution in [0.2, 0.25) is 10.2 Å². The SMILES string of the molecule is Cc1ccc(CCC(=O)NCCOC(=O)c2cc(Cl)c(Cl)n2C)cc1. The summed E-state index contributed by atoms with van der Waals surface area (Å²) in [6.07, 6.45) is 1.06. The van der Waals surface area contributed by atoms with Gasteiger partial charge in [-0.25, -0.2) is 4.79 Å². The molecule has 0 radical (unpaired) electrons. The third-order valence-electron chi connectivity index (χ3n) is 3.74. The number of halogens is 2. The van der Waals surface area contributed by atoms with Crippen molar-refractivity contribution in [2.75, 3.05) is 13.2 Å². The first-order valence-electron chi connectivity index (χ1n) is 7.88. The van der Waals surface area contributed by atoms with Crippen LogP contribution in [0.5, 0.6) is 0 Å². The van der Waals surface area contributed by atoms with Crippen LogP contribution in [0.15, 0.2) is 30.3 Å². The largest absolute Gasteiger partial charge is 0.459 e. The molecule has 1 amide bonds. The molecule has 2 aromatic rings. The van der Waals surface area contributed by atoms with Crippen molar-refractivity contribution in [2.45, 2.75) is 19.8 Å². The van der Waals surface area contributed by atoms with Gasteiger partial charge in [-0.1, -0.05) is 53.0 Å². The monoisotopic (exact) mass is 382 g/mol. The Labute approximate surface area is 156 Å². The third kappa shape index (κ3) is 5.51. The predicted molar refractivity (Wildman–Crippen MR) is 98.2 cm³/mol. The molecule has 0 aliphatic rings. The molecule has 0 spiro atoms. The van der Waals surface area contributed by atoms with Gasteiger partial charge in [0.25, 0.3) is 0 Å². The molecule has 134 valence electrons. The highest BCUT2D eigenvalue weighted by Crippen LogP contribution is 2.25. The molecule has 0 saturated carbocycles. The molecule has 1 N–H and O–H groups in total. The number of carbonyl (C=O) groups excluding carboxylic acids is 2. The van der Waals surface area contributed by atoms with Crippen molar-refractivity contribution in [3.05, 3.63) is 57.3 Å². The van der Waals surface area contributed by atoms with Crippen molar-refractivity contribution >= 4 is 35.1 Å². The fourth-order valence-corrected chi connectivity index (χ4v) is 2.62. The third-order valence-corrected chi connectivity index (χ3v) is 4.59. The molecule has 0 aliphatic carbocycles. The smallest absolute Gasteiger partial charge is 0.355 e. The lowest BCUT2D eigenvalue weighted by atomic mass is 10.1. The van der Waals surface area contributed by atoms with E-state index in [0.717, 1.165) is 5.56 Å². The zero-order chi connectivity index (χ0) is 18.4. The maximum absolute atomic E-state index is 11.9. The Morgan fingerprint density at radius 2 is 1.88 bits per heavy atom. The number of rotatable bonds is 7. The van der Waals surface area contributed by atoms with Gasteiger partial charge in [-0.15, -0.1) is 0 Å². The summed E-state index contributed by atoms with van der Waals surface area (Å²) in [5, 5.41) is 3.30. The predicted octanol–water partition coefficient (Wildman–Crippen LogP) is 3.55. The number of hydrogen-bond acceptors (Lipinski definition) is 3. The Balaban J connectivity index is 1.68. The summed E-state index contributed by atoms with van der Waals surface area (Å²) in [5.41, 5.74) is 2.57. The van der Waals surface area contributed by atoms with Crippen LogP contribution in [0.1, 0.15) is 28.0 Å². The number of carbonyl (C=O) groups is 2. The molecule has 25 heavy (non-hydrogen) atoms. The highest BCUT2D eigenvalue weighted by molar-refractivity contribution is 6.41. The van der Waals surface area contributed by atoms with Crippen LogP contribution in [-0.2, 0) is 23.0 Å². The molecule has 0 bridgehead atoms. The summed E-state index contributed by atoms with van der Waals surface area (Å²) < 4.78 is 6.56. The van der Waals surface area contributed by atoms with Crippen LogP contribution in [-0.4, -0.2) is 29.6 Å². The van der Waals surface area contributed by atoms with Crippen LogP contribution in [0.4, 0.5) is 0 Å². The van der Waals surface area contributed by atoms with Crippen molar-refractivity contribution in [3.63, 3.8) is 0 Å². The Morgan fingerprint density at radius 3 is 2.48 bits per heavy atom. The van der Waals surface area contributed by atoms with E-state index in [4.69, 9.17) is 27.9 Å². The number of benzene rings is 1. The lowest BCUT2D eigenvalue weighted by Crippen LogP contribution is -2.28. The molecule has 1 aromatic carbocycles. The van der Waals surface area contributed by atoms with E-state index >= 15 is 0 Å². The summed E-state index contributed by atoms with van der Waals surface area (Å²) in [6, 6.07) is 9.52.